The van der Waals surface area contributed by atoms with E-state index in [1.807, 2.05) is 31.2 Å². The van der Waals surface area contributed by atoms with Gasteiger partial charge in [0.15, 0.2) is 0 Å². The van der Waals surface area contributed by atoms with Crippen LogP contribution in [0.1, 0.15) is 18.4 Å². The van der Waals surface area contributed by atoms with Crippen molar-refractivity contribution in [2.45, 2.75) is 20.4 Å². The van der Waals surface area contributed by atoms with E-state index in [0.29, 0.717) is 11.7 Å². The third kappa shape index (κ3) is 2.90. The van der Waals surface area contributed by atoms with Crippen LogP contribution in [0, 0.1) is 6.92 Å². The van der Waals surface area contributed by atoms with Gasteiger partial charge >= 0.3 is 0 Å². The molecule has 5 heteroatoms. The van der Waals surface area contributed by atoms with E-state index in [1.54, 1.807) is 0 Å². The second-order valence-electron chi connectivity index (χ2n) is 3.79. The third-order valence-corrected chi connectivity index (χ3v) is 2.23. The Hall–Kier alpha value is -2.17. The highest BCUT2D eigenvalue weighted by molar-refractivity contribution is 5.72. The number of carbonyl (C=O) groups excluding carboxylic acids is 1. The van der Waals surface area contributed by atoms with Gasteiger partial charge in [0.2, 0.25) is 17.6 Å². The molecule has 0 fully saturated rings. The number of amides is 1. The minimum atomic E-state index is -0.125. The zero-order chi connectivity index (χ0) is 12.3. The number of rotatable bonds is 3. The van der Waals surface area contributed by atoms with Crippen LogP contribution >= 0.6 is 0 Å². The molecule has 1 amide bonds. The van der Waals surface area contributed by atoms with Crippen LogP contribution in [-0.4, -0.2) is 16.0 Å². The molecule has 0 aliphatic heterocycles. The number of nitrogens with one attached hydrogen (secondary N) is 1. The third-order valence-electron chi connectivity index (χ3n) is 2.23. The Morgan fingerprint density at radius 3 is 3.00 bits per heavy atom. The van der Waals surface area contributed by atoms with Crippen molar-refractivity contribution in [1.82, 2.24) is 15.5 Å². The molecule has 2 aromatic rings. The number of carbonyl (C=O) groups is 1. The van der Waals surface area contributed by atoms with Gasteiger partial charge in [-0.15, -0.1) is 0 Å². The summed E-state index contributed by atoms with van der Waals surface area (Å²) in [5, 5.41) is 6.47. The van der Waals surface area contributed by atoms with Crippen molar-refractivity contribution in [1.29, 1.82) is 0 Å². The molecule has 1 aromatic carbocycles. The van der Waals surface area contributed by atoms with Crippen molar-refractivity contribution in [3.63, 3.8) is 0 Å². The number of nitrogens with zero attached hydrogens (tertiary/aromatic N) is 2. The van der Waals surface area contributed by atoms with Gasteiger partial charge in [-0.3, -0.25) is 4.79 Å². The number of benzene rings is 1. The lowest BCUT2D eigenvalue weighted by atomic mass is 10.1. The summed E-state index contributed by atoms with van der Waals surface area (Å²) in [6.07, 6.45) is 0. The van der Waals surface area contributed by atoms with E-state index in [2.05, 4.69) is 15.5 Å². The summed E-state index contributed by atoms with van der Waals surface area (Å²) < 4.78 is 5.03. The average molecular weight is 231 g/mol. The smallest absolute Gasteiger partial charge is 0.246 e. The number of aromatic nitrogens is 2. The van der Waals surface area contributed by atoms with Crippen molar-refractivity contribution >= 4 is 5.91 Å². The molecule has 17 heavy (non-hydrogen) atoms. The van der Waals surface area contributed by atoms with Crippen LogP contribution in [0.25, 0.3) is 11.4 Å². The van der Waals surface area contributed by atoms with Gasteiger partial charge in [-0.1, -0.05) is 28.9 Å². The molecule has 0 bridgehead atoms. The van der Waals surface area contributed by atoms with Crippen LogP contribution in [0.2, 0.25) is 0 Å². The van der Waals surface area contributed by atoms with Gasteiger partial charge in [-0.05, 0) is 13.0 Å². The fourth-order valence-corrected chi connectivity index (χ4v) is 1.43. The molecule has 0 radical (unpaired) electrons. The fraction of sp³-hybridized carbons (Fsp3) is 0.250. The molecule has 0 saturated heterocycles. The van der Waals surface area contributed by atoms with Gasteiger partial charge in [0.25, 0.3) is 0 Å². The molecule has 0 spiro atoms. The molecule has 0 aliphatic rings. The lowest BCUT2D eigenvalue weighted by molar-refractivity contribution is -0.119. The first-order valence-corrected chi connectivity index (χ1v) is 5.29. The summed E-state index contributed by atoms with van der Waals surface area (Å²) in [4.78, 5) is 14.9. The van der Waals surface area contributed by atoms with Crippen molar-refractivity contribution in [3.8, 4) is 11.4 Å². The van der Waals surface area contributed by atoms with Crippen molar-refractivity contribution in [2.75, 3.05) is 0 Å². The monoisotopic (exact) mass is 231 g/mol. The molecule has 0 unspecified atom stereocenters. The molecule has 0 aliphatic carbocycles. The summed E-state index contributed by atoms with van der Waals surface area (Å²) in [6, 6.07) is 7.84. The van der Waals surface area contributed by atoms with Crippen molar-refractivity contribution in [3.05, 3.63) is 35.7 Å². The van der Waals surface area contributed by atoms with Gasteiger partial charge in [0, 0.05) is 12.5 Å². The largest absolute Gasteiger partial charge is 0.347 e. The predicted molar refractivity (Wildman–Crippen MR) is 62.0 cm³/mol. The van der Waals surface area contributed by atoms with E-state index in [1.165, 1.54) is 6.92 Å². The lowest BCUT2D eigenvalue weighted by Crippen LogP contribution is -2.18. The van der Waals surface area contributed by atoms with E-state index in [0.717, 1.165) is 11.1 Å². The second-order valence-corrected chi connectivity index (χ2v) is 3.79. The maximum atomic E-state index is 10.7. The zero-order valence-electron chi connectivity index (χ0n) is 9.73. The van der Waals surface area contributed by atoms with Gasteiger partial charge in [0.05, 0.1) is 6.54 Å². The van der Waals surface area contributed by atoms with Crippen LogP contribution in [0.5, 0.6) is 0 Å². The highest BCUT2D eigenvalue weighted by atomic mass is 16.5. The quantitative estimate of drug-likeness (QED) is 0.872. The van der Waals surface area contributed by atoms with Crippen LogP contribution < -0.4 is 5.32 Å². The Morgan fingerprint density at radius 1 is 1.47 bits per heavy atom. The highest BCUT2D eigenvalue weighted by Crippen LogP contribution is 2.16. The zero-order valence-corrected chi connectivity index (χ0v) is 9.73. The van der Waals surface area contributed by atoms with Crippen LogP contribution in [0.15, 0.2) is 28.8 Å². The first-order chi connectivity index (χ1) is 8.15. The summed E-state index contributed by atoms with van der Waals surface area (Å²) in [6.45, 7) is 3.70. The van der Waals surface area contributed by atoms with Crippen molar-refractivity contribution in [2.24, 2.45) is 0 Å². The van der Waals surface area contributed by atoms with E-state index >= 15 is 0 Å². The Labute approximate surface area is 98.8 Å². The fourth-order valence-electron chi connectivity index (χ4n) is 1.43. The molecular formula is C12H13N3O2. The molecule has 1 heterocycles. The Balaban J connectivity index is 2.15. The van der Waals surface area contributed by atoms with Gasteiger partial charge in [-0.2, -0.15) is 4.98 Å². The summed E-state index contributed by atoms with van der Waals surface area (Å²) >= 11 is 0. The molecule has 5 nitrogen and oxygen atoms in total. The van der Waals surface area contributed by atoms with E-state index in [9.17, 15) is 4.79 Å². The first kappa shape index (κ1) is 11.3. The predicted octanol–water partition coefficient (Wildman–Crippen LogP) is 1.68. The minimum Gasteiger partial charge on any atom is -0.347 e. The maximum absolute atomic E-state index is 10.7. The molecule has 0 atom stereocenters. The Kier molecular flexibility index (Phi) is 3.18. The average Bonchev–Trinajstić information content (AvgIpc) is 2.75. The highest BCUT2D eigenvalue weighted by Gasteiger charge is 2.08. The molecular weight excluding hydrogens is 218 g/mol. The standard InChI is InChI=1S/C12H13N3O2/c1-8-4-3-5-10(6-8)12-14-11(17-15-12)7-13-9(2)16/h3-6H,7H2,1-2H3,(H,13,16). The van der Waals surface area contributed by atoms with E-state index in [-0.39, 0.29) is 12.5 Å². The number of hydrogen-bond donors (Lipinski definition) is 1. The van der Waals surface area contributed by atoms with Crippen LogP contribution in [-0.2, 0) is 11.3 Å². The van der Waals surface area contributed by atoms with E-state index < -0.39 is 0 Å². The summed E-state index contributed by atoms with van der Waals surface area (Å²) in [7, 11) is 0. The Bertz CT molecular complexity index is 534. The summed E-state index contributed by atoms with van der Waals surface area (Å²) in [5.41, 5.74) is 2.04. The number of aryl methyl sites for hydroxylation is 1. The lowest BCUT2D eigenvalue weighted by Gasteiger charge is -1.95. The molecule has 88 valence electrons. The second kappa shape index (κ2) is 4.78. The first-order valence-electron chi connectivity index (χ1n) is 5.29. The molecule has 1 N–H and O–H groups in total. The van der Waals surface area contributed by atoms with Crippen LogP contribution in [0.3, 0.4) is 0 Å². The van der Waals surface area contributed by atoms with Gasteiger partial charge in [-0.25, -0.2) is 0 Å². The summed E-state index contributed by atoms with van der Waals surface area (Å²) in [5.74, 6) is 0.811. The van der Waals surface area contributed by atoms with Crippen LogP contribution in [0.4, 0.5) is 0 Å². The number of hydrogen-bond acceptors (Lipinski definition) is 4. The maximum Gasteiger partial charge on any atom is 0.246 e. The van der Waals surface area contributed by atoms with E-state index in [4.69, 9.17) is 4.52 Å². The molecule has 1 aromatic heterocycles. The topological polar surface area (TPSA) is 68.0 Å². The van der Waals surface area contributed by atoms with Gasteiger partial charge in [0.1, 0.15) is 0 Å². The Morgan fingerprint density at radius 2 is 2.29 bits per heavy atom. The molecule has 0 saturated carbocycles. The van der Waals surface area contributed by atoms with Crippen molar-refractivity contribution < 1.29 is 9.32 Å². The minimum absolute atomic E-state index is 0.125. The SMILES string of the molecule is CC(=O)NCc1nc(-c2cccc(C)c2)no1. The molecule has 2 rings (SSSR count). The normalized spacial score (nSPS) is 10.2. The van der Waals surface area contributed by atoms with Gasteiger partial charge < -0.3 is 9.84 Å².